The normalized spacial score (nSPS) is 15.8. The van der Waals surface area contributed by atoms with E-state index < -0.39 is 5.60 Å². The van der Waals surface area contributed by atoms with Crippen molar-refractivity contribution < 1.29 is 14.4 Å². The molecule has 1 aliphatic rings. The number of rotatable bonds is 8. The largest absolute Gasteiger partial charge is 0.494 e. The number of hydroxylamine groups is 1. The minimum Gasteiger partial charge on any atom is -0.494 e. The number of carbonyl (C=O) groups excluding carboxylic acids is 1. The van der Waals surface area contributed by atoms with Crippen LogP contribution in [0.1, 0.15) is 62.0 Å². The van der Waals surface area contributed by atoms with E-state index in [9.17, 15) is 10.1 Å². The first-order valence-corrected chi connectivity index (χ1v) is 12.8. The molecule has 1 saturated heterocycles. The highest BCUT2D eigenvalue weighted by atomic mass is 16.7. The van der Waals surface area contributed by atoms with E-state index in [0.29, 0.717) is 52.0 Å². The van der Waals surface area contributed by atoms with Gasteiger partial charge >= 0.3 is 0 Å². The number of anilines is 2. The molecule has 1 amide bonds. The molecule has 196 valence electrons. The van der Waals surface area contributed by atoms with Crippen molar-refractivity contribution in [3.63, 3.8) is 0 Å². The molecule has 3 heterocycles. The smallest absolute Gasteiger partial charge is 0.283 e. The van der Waals surface area contributed by atoms with E-state index in [-0.39, 0.29) is 5.91 Å². The minimum absolute atomic E-state index is 0.343. The van der Waals surface area contributed by atoms with E-state index in [1.165, 1.54) is 5.06 Å². The number of hydrogen-bond acceptors (Lipinski definition) is 7. The summed E-state index contributed by atoms with van der Waals surface area (Å²) in [5.74, 6) is 1.26. The van der Waals surface area contributed by atoms with E-state index in [4.69, 9.17) is 9.57 Å². The summed E-state index contributed by atoms with van der Waals surface area (Å²) in [5.41, 5.74) is 2.26. The van der Waals surface area contributed by atoms with Gasteiger partial charge in [-0.15, -0.1) is 0 Å². The van der Waals surface area contributed by atoms with E-state index in [0.717, 1.165) is 32.5 Å². The van der Waals surface area contributed by atoms with Crippen molar-refractivity contribution in [2.75, 3.05) is 36.6 Å². The summed E-state index contributed by atoms with van der Waals surface area (Å²) in [6.07, 6.45) is 3.88. The van der Waals surface area contributed by atoms with Crippen LogP contribution < -0.4 is 20.4 Å². The third-order valence-electron chi connectivity index (χ3n) is 6.29. The summed E-state index contributed by atoms with van der Waals surface area (Å²) in [7, 11) is 0. The number of pyridine rings is 1. The van der Waals surface area contributed by atoms with Crippen LogP contribution in [0.3, 0.4) is 0 Å². The molecule has 0 saturated carbocycles. The van der Waals surface area contributed by atoms with Gasteiger partial charge in [0.15, 0.2) is 5.82 Å². The zero-order valence-corrected chi connectivity index (χ0v) is 22.3. The predicted octanol–water partition coefficient (Wildman–Crippen LogP) is 4.70. The number of piperidine rings is 1. The molecule has 37 heavy (non-hydrogen) atoms. The van der Waals surface area contributed by atoms with Crippen LogP contribution in [-0.4, -0.2) is 47.4 Å². The number of benzene rings is 1. The number of amides is 1. The lowest BCUT2D eigenvalue weighted by atomic mass is 9.99. The lowest BCUT2D eigenvalue weighted by Crippen LogP contribution is -2.40. The van der Waals surface area contributed by atoms with E-state index in [2.05, 4.69) is 21.8 Å². The van der Waals surface area contributed by atoms with Gasteiger partial charge in [-0.1, -0.05) is 0 Å². The van der Waals surface area contributed by atoms with Gasteiger partial charge in [0, 0.05) is 17.7 Å². The fourth-order valence-electron chi connectivity index (χ4n) is 4.60. The van der Waals surface area contributed by atoms with Crippen molar-refractivity contribution >= 4 is 22.9 Å². The number of ether oxygens (including phenoxy) is 1. The third kappa shape index (κ3) is 5.87. The second kappa shape index (κ2) is 11.2. The van der Waals surface area contributed by atoms with Crippen LogP contribution in [0.4, 0.5) is 11.5 Å². The number of nitriles is 1. The summed E-state index contributed by atoms with van der Waals surface area (Å²) in [6, 6.07) is 11.1. The van der Waals surface area contributed by atoms with Gasteiger partial charge < -0.3 is 15.4 Å². The Labute approximate surface area is 218 Å². The van der Waals surface area contributed by atoms with Crippen molar-refractivity contribution in [1.29, 1.82) is 5.26 Å². The van der Waals surface area contributed by atoms with Gasteiger partial charge in [0.25, 0.3) is 5.91 Å². The van der Waals surface area contributed by atoms with E-state index in [1.54, 1.807) is 41.0 Å². The Morgan fingerprint density at radius 2 is 2.05 bits per heavy atom. The molecular formula is C28H36N6O3. The topological polar surface area (TPSA) is 104 Å². The number of aromatic nitrogens is 2. The quantitative estimate of drug-likeness (QED) is 0.429. The molecule has 0 radical (unpaired) electrons. The molecule has 4 rings (SSSR count). The maximum Gasteiger partial charge on any atom is 0.283 e. The highest BCUT2D eigenvalue weighted by molar-refractivity contribution is 6.05. The van der Waals surface area contributed by atoms with Gasteiger partial charge in [-0.25, -0.2) is 4.52 Å². The average molecular weight is 505 g/mol. The molecule has 3 aromatic rings. The van der Waals surface area contributed by atoms with Crippen molar-refractivity contribution in [2.24, 2.45) is 5.92 Å². The second-order valence-electron chi connectivity index (χ2n) is 10.3. The average Bonchev–Trinajstić information content (AvgIpc) is 3.36. The molecule has 0 aliphatic carbocycles. The summed E-state index contributed by atoms with van der Waals surface area (Å²) in [5, 5.41) is 22.9. The second-order valence-corrected chi connectivity index (χ2v) is 10.3. The Balaban J connectivity index is 1.81. The van der Waals surface area contributed by atoms with Gasteiger partial charge in [0.05, 0.1) is 29.6 Å². The van der Waals surface area contributed by atoms with Crippen molar-refractivity contribution in [1.82, 2.24) is 14.9 Å². The molecule has 0 spiro atoms. The fraction of sp³-hybridized carbons (Fsp3) is 0.464. The first kappa shape index (κ1) is 26.5. The maximum atomic E-state index is 13.9. The van der Waals surface area contributed by atoms with Gasteiger partial charge in [0.2, 0.25) is 0 Å². The first-order chi connectivity index (χ1) is 17.7. The SMILES string of the molecule is CCOc1ccc(C(=O)N(OC(C)(C)C)c2c(C)c(NCC3CCCNC3)c(C#N)c3ccnn23)cc1. The Morgan fingerprint density at radius 3 is 2.68 bits per heavy atom. The molecule has 9 nitrogen and oxygen atoms in total. The Morgan fingerprint density at radius 1 is 1.30 bits per heavy atom. The highest BCUT2D eigenvalue weighted by Crippen LogP contribution is 2.35. The Bertz CT molecular complexity index is 1280. The van der Waals surface area contributed by atoms with E-state index in [1.807, 2.05) is 34.6 Å². The van der Waals surface area contributed by atoms with Gasteiger partial charge in [-0.3, -0.25) is 9.63 Å². The minimum atomic E-state index is -0.678. The van der Waals surface area contributed by atoms with Crippen LogP contribution in [0.25, 0.3) is 5.52 Å². The summed E-state index contributed by atoms with van der Waals surface area (Å²) in [4.78, 5) is 20.2. The Hall–Kier alpha value is -3.61. The van der Waals surface area contributed by atoms with Crippen LogP contribution in [0, 0.1) is 24.2 Å². The lowest BCUT2D eigenvalue weighted by molar-refractivity contribution is -0.0172. The standard InChI is InChI=1S/C28H36N6O3/c1-6-36-22-11-9-21(10-12-22)27(35)34(37-28(3,4)5)26-19(2)25(31-18-20-8-7-14-30-17-20)23(16-29)24-13-15-32-33(24)26/h9-13,15,20,30-31H,6-8,14,17-18H2,1-5H3. The summed E-state index contributed by atoms with van der Waals surface area (Å²) in [6.45, 7) is 12.7. The number of fused-ring (bicyclic) bond motifs is 1. The molecule has 2 aromatic heterocycles. The number of nitrogens with zero attached hydrogens (tertiary/aromatic N) is 4. The monoisotopic (exact) mass is 504 g/mol. The lowest BCUT2D eigenvalue weighted by Gasteiger charge is -2.32. The third-order valence-corrected chi connectivity index (χ3v) is 6.29. The van der Waals surface area contributed by atoms with Gasteiger partial charge in [-0.05, 0) is 96.8 Å². The van der Waals surface area contributed by atoms with Crippen LogP contribution in [0.15, 0.2) is 36.5 Å². The number of hydrogen-bond donors (Lipinski definition) is 2. The predicted molar refractivity (Wildman–Crippen MR) is 144 cm³/mol. The zero-order chi connectivity index (χ0) is 26.6. The molecule has 1 aliphatic heterocycles. The van der Waals surface area contributed by atoms with E-state index >= 15 is 0 Å². The van der Waals surface area contributed by atoms with Gasteiger partial charge in [-0.2, -0.15) is 15.4 Å². The summed E-state index contributed by atoms with van der Waals surface area (Å²) < 4.78 is 7.15. The maximum absolute atomic E-state index is 13.9. The van der Waals surface area contributed by atoms with Crippen molar-refractivity contribution in [3.05, 3.63) is 53.2 Å². The van der Waals surface area contributed by atoms with Crippen LogP contribution in [0.2, 0.25) is 0 Å². The van der Waals surface area contributed by atoms with Crippen molar-refractivity contribution in [3.8, 4) is 11.8 Å². The fourth-order valence-corrected chi connectivity index (χ4v) is 4.60. The number of nitrogens with one attached hydrogen (secondary N) is 2. The number of carbonyl (C=O) groups is 1. The zero-order valence-electron chi connectivity index (χ0n) is 22.3. The Kier molecular flexibility index (Phi) is 8.00. The van der Waals surface area contributed by atoms with Crippen LogP contribution >= 0.6 is 0 Å². The molecule has 9 heteroatoms. The molecule has 0 bridgehead atoms. The highest BCUT2D eigenvalue weighted by Gasteiger charge is 2.31. The van der Waals surface area contributed by atoms with Crippen molar-refractivity contribution in [2.45, 2.75) is 53.1 Å². The molecule has 1 atom stereocenters. The van der Waals surface area contributed by atoms with Crippen LogP contribution in [0.5, 0.6) is 5.75 Å². The molecule has 1 aromatic carbocycles. The first-order valence-electron chi connectivity index (χ1n) is 12.8. The van der Waals surface area contributed by atoms with Gasteiger partial charge in [0.1, 0.15) is 17.4 Å². The molecule has 1 fully saturated rings. The molecule has 2 N–H and O–H groups in total. The molecule has 1 unspecified atom stereocenters. The van der Waals surface area contributed by atoms with Crippen LogP contribution in [-0.2, 0) is 4.84 Å². The molecular weight excluding hydrogens is 468 g/mol. The summed E-state index contributed by atoms with van der Waals surface area (Å²) >= 11 is 0.